The van der Waals surface area contributed by atoms with Crippen molar-refractivity contribution in [3.05, 3.63) is 70.6 Å². The van der Waals surface area contributed by atoms with Crippen molar-refractivity contribution in [3.8, 4) is 28.3 Å². The zero-order chi connectivity index (χ0) is 20.5. The first-order valence-electron chi connectivity index (χ1n) is 7.99. The second-order valence-electron chi connectivity index (χ2n) is 5.86. The lowest BCUT2D eigenvalue weighted by Gasteiger charge is -2.18. The quantitative estimate of drug-likeness (QED) is 0.696. The largest absolute Gasteiger partial charge is 0.503 e. The molecular formula is C19H14F2N2O5. The molecule has 7 nitrogen and oxygen atoms in total. The van der Waals surface area contributed by atoms with E-state index < -0.39 is 29.0 Å². The number of para-hydroxylation sites is 2. The van der Waals surface area contributed by atoms with Gasteiger partial charge in [0.1, 0.15) is 5.75 Å². The highest BCUT2D eigenvalue weighted by molar-refractivity contribution is 5.85. The molecule has 28 heavy (non-hydrogen) atoms. The van der Waals surface area contributed by atoms with E-state index >= 15 is 0 Å². The van der Waals surface area contributed by atoms with Crippen LogP contribution in [0.4, 0.5) is 8.78 Å². The van der Waals surface area contributed by atoms with E-state index in [1.54, 1.807) is 30.3 Å². The summed E-state index contributed by atoms with van der Waals surface area (Å²) in [5.74, 6) is -2.53. The van der Waals surface area contributed by atoms with E-state index in [4.69, 9.17) is 9.84 Å². The number of halogens is 2. The Morgan fingerprint density at radius 1 is 1.11 bits per heavy atom. The molecule has 0 bridgehead atoms. The number of aromatic carboxylic acids is 1. The van der Waals surface area contributed by atoms with E-state index in [0.717, 1.165) is 10.9 Å². The van der Waals surface area contributed by atoms with Gasteiger partial charge in [-0.25, -0.2) is 9.48 Å². The normalized spacial score (nSPS) is 11.2. The second-order valence-corrected chi connectivity index (χ2v) is 5.86. The van der Waals surface area contributed by atoms with Gasteiger partial charge in [0, 0.05) is 18.1 Å². The van der Waals surface area contributed by atoms with Gasteiger partial charge in [-0.3, -0.25) is 4.79 Å². The fourth-order valence-corrected chi connectivity index (χ4v) is 2.61. The summed E-state index contributed by atoms with van der Waals surface area (Å²) in [7, 11) is 0. The minimum Gasteiger partial charge on any atom is -0.503 e. The summed E-state index contributed by atoms with van der Waals surface area (Å²) in [6.45, 7) is 0.607. The fourth-order valence-electron chi connectivity index (χ4n) is 2.61. The van der Waals surface area contributed by atoms with Crippen LogP contribution in [0, 0.1) is 0 Å². The molecule has 0 saturated carbocycles. The summed E-state index contributed by atoms with van der Waals surface area (Å²) in [5.41, 5.74) is -1.10. The van der Waals surface area contributed by atoms with Gasteiger partial charge < -0.3 is 14.9 Å². The molecule has 0 saturated heterocycles. The van der Waals surface area contributed by atoms with Crippen LogP contribution in [0.1, 0.15) is 17.4 Å². The van der Waals surface area contributed by atoms with Crippen molar-refractivity contribution < 1.29 is 28.5 Å². The predicted octanol–water partition coefficient (Wildman–Crippen LogP) is 3.29. The summed E-state index contributed by atoms with van der Waals surface area (Å²) in [4.78, 5) is 23.0. The van der Waals surface area contributed by atoms with Gasteiger partial charge in [-0.15, -0.1) is 0 Å². The zero-order valence-corrected chi connectivity index (χ0v) is 14.5. The third-order valence-electron chi connectivity index (χ3n) is 3.72. The molecule has 0 aliphatic rings. The SMILES string of the molecule is CC(F)(F)Oc1ccccc1-c1ccccc1-n1cc(O)c(=O)c(C(=O)O)n1. The minimum atomic E-state index is -3.42. The third kappa shape index (κ3) is 3.83. The standard InChI is InChI=1S/C19H14F2N2O5/c1-19(20,21)28-15-9-5-3-7-12(15)11-6-2-4-8-13(11)23-10-14(24)17(25)16(22-23)18(26)27/h2-10,24H,1H3,(H,26,27). The molecule has 0 radical (unpaired) electrons. The van der Waals surface area contributed by atoms with Crippen LogP contribution in [-0.4, -0.2) is 32.1 Å². The molecular weight excluding hydrogens is 374 g/mol. The number of rotatable bonds is 5. The maximum atomic E-state index is 13.4. The second kappa shape index (κ2) is 7.10. The number of benzene rings is 2. The van der Waals surface area contributed by atoms with Gasteiger partial charge in [-0.05, 0) is 12.1 Å². The Morgan fingerprint density at radius 2 is 1.71 bits per heavy atom. The highest BCUT2D eigenvalue weighted by atomic mass is 19.3. The molecule has 0 aliphatic carbocycles. The van der Waals surface area contributed by atoms with Crippen molar-refractivity contribution in [1.29, 1.82) is 0 Å². The number of hydrogen-bond acceptors (Lipinski definition) is 5. The lowest BCUT2D eigenvalue weighted by atomic mass is 10.0. The average Bonchev–Trinajstić information content (AvgIpc) is 2.63. The summed E-state index contributed by atoms with van der Waals surface area (Å²) in [5, 5.41) is 22.7. The van der Waals surface area contributed by atoms with Gasteiger partial charge >= 0.3 is 12.1 Å². The van der Waals surface area contributed by atoms with E-state index in [2.05, 4.69) is 5.10 Å². The number of aromatic hydroxyl groups is 1. The summed E-state index contributed by atoms with van der Waals surface area (Å²) in [6.07, 6.45) is -2.47. The number of carboxylic acid groups (broad SMARTS) is 1. The first-order chi connectivity index (χ1) is 13.2. The zero-order valence-electron chi connectivity index (χ0n) is 14.5. The topological polar surface area (TPSA) is 102 Å². The number of carbonyl (C=O) groups is 1. The highest BCUT2D eigenvalue weighted by Crippen LogP contribution is 2.36. The van der Waals surface area contributed by atoms with Crippen molar-refractivity contribution in [3.63, 3.8) is 0 Å². The highest BCUT2D eigenvalue weighted by Gasteiger charge is 2.25. The van der Waals surface area contributed by atoms with Gasteiger partial charge in [0.05, 0.1) is 11.9 Å². The Hall–Kier alpha value is -3.75. The van der Waals surface area contributed by atoms with Crippen molar-refractivity contribution in [2.75, 3.05) is 0 Å². The van der Waals surface area contributed by atoms with Crippen LogP contribution in [0.3, 0.4) is 0 Å². The van der Waals surface area contributed by atoms with E-state index in [9.17, 15) is 23.5 Å². The van der Waals surface area contributed by atoms with E-state index in [0.29, 0.717) is 12.5 Å². The Morgan fingerprint density at radius 3 is 2.36 bits per heavy atom. The van der Waals surface area contributed by atoms with Gasteiger partial charge in [0.2, 0.25) is 5.69 Å². The minimum absolute atomic E-state index is 0.105. The van der Waals surface area contributed by atoms with Crippen LogP contribution in [0.2, 0.25) is 0 Å². The van der Waals surface area contributed by atoms with Crippen molar-refractivity contribution in [1.82, 2.24) is 9.78 Å². The Kier molecular flexibility index (Phi) is 4.83. The van der Waals surface area contributed by atoms with E-state index in [1.807, 2.05) is 0 Å². The molecule has 2 N–H and O–H groups in total. The van der Waals surface area contributed by atoms with Gasteiger partial charge in [0.25, 0.3) is 5.43 Å². The molecule has 1 heterocycles. The molecule has 0 amide bonds. The molecule has 0 aliphatic heterocycles. The lowest BCUT2D eigenvalue weighted by molar-refractivity contribution is -0.158. The third-order valence-corrected chi connectivity index (χ3v) is 3.72. The Bertz CT molecular complexity index is 1110. The van der Waals surface area contributed by atoms with Crippen molar-refractivity contribution >= 4 is 5.97 Å². The molecule has 0 atom stereocenters. The summed E-state index contributed by atoms with van der Waals surface area (Å²) in [6, 6.07) is 12.4. The van der Waals surface area contributed by atoms with Crippen LogP contribution in [-0.2, 0) is 0 Å². The van der Waals surface area contributed by atoms with Crippen LogP contribution in [0.5, 0.6) is 11.5 Å². The molecule has 3 aromatic rings. The number of ether oxygens (including phenoxy) is 1. The van der Waals surface area contributed by atoms with Crippen LogP contribution in [0.15, 0.2) is 59.5 Å². The smallest absolute Gasteiger partial charge is 0.394 e. The Labute approximate surface area is 157 Å². The molecule has 0 unspecified atom stereocenters. The monoisotopic (exact) mass is 388 g/mol. The number of nitrogens with zero attached hydrogens (tertiary/aromatic N) is 2. The first-order valence-corrected chi connectivity index (χ1v) is 7.99. The molecule has 2 aromatic carbocycles. The lowest BCUT2D eigenvalue weighted by Crippen LogP contribution is -2.21. The molecule has 0 spiro atoms. The molecule has 0 fully saturated rings. The maximum absolute atomic E-state index is 13.4. The summed E-state index contributed by atoms with van der Waals surface area (Å²) >= 11 is 0. The van der Waals surface area contributed by atoms with E-state index in [-0.39, 0.29) is 17.0 Å². The van der Waals surface area contributed by atoms with Gasteiger partial charge in [-0.2, -0.15) is 13.9 Å². The molecule has 144 valence electrons. The fraction of sp³-hybridized carbons (Fsp3) is 0.105. The summed E-state index contributed by atoms with van der Waals surface area (Å²) < 4.78 is 32.5. The maximum Gasteiger partial charge on any atom is 0.394 e. The van der Waals surface area contributed by atoms with Crippen LogP contribution < -0.4 is 10.2 Å². The number of alkyl halides is 2. The molecule has 3 rings (SSSR count). The van der Waals surface area contributed by atoms with Gasteiger partial charge in [0.15, 0.2) is 5.75 Å². The van der Waals surface area contributed by atoms with Crippen LogP contribution in [0.25, 0.3) is 16.8 Å². The molecule has 9 heteroatoms. The van der Waals surface area contributed by atoms with Crippen molar-refractivity contribution in [2.45, 2.75) is 13.0 Å². The van der Waals surface area contributed by atoms with Crippen LogP contribution >= 0.6 is 0 Å². The average molecular weight is 388 g/mol. The number of aromatic nitrogens is 2. The number of hydrogen-bond donors (Lipinski definition) is 2. The van der Waals surface area contributed by atoms with Crippen molar-refractivity contribution in [2.24, 2.45) is 0 Å². The Balaban J connectivity index is 2.23. The van der Waals surface area contributed by atoms with E-state index in [1.165, 1.54) is 18.2 Å². The molecule has 1 aromatic heterocycles. The van der Waals surface area contributed by atoms with Gasteiger partial charge in [-0.1, -0.05) is 36.4 Å². The number of carboxylic acids is 1. The predicted molar refractivity (Wildman–Crippen MR) is 95.1 cm³/mol. The first kappa shape index (κ1) is 19.0.